The van der Waals surface area contributed by atoms with Crippen molar-refractivity contribution in [3.8, 4) is 0 Å². The molecule has 1 aliphatic carbocycles. The molecule has 0 spiro atoms. The van der Waals surface area contributed by atoms with Gasteiger partial charge >= 0.3 is 5.97 Å². The summed E-state index contributed by atoms with van der Waals surface area (Å²) in [6.45, 7) is 3.69. The summed E-state index contributed by atoms with van der Waals surface area (Å²) in [5, 5.41) is 4.35. The van der Waals surface area contributed by atoms with E-state index in [1.54, 1.807) is 0 Å². The minimum atomic E-state index is -0.378. The number of anilines is 1. The summed E-state index contributed by atoms with van der Waals surface area (Å²) in [5.74, 6) is -0.589. The summed E-state index contributed by atoms with van der Waals surface area (Å²) < 4.78 is 4.92. The van der Waals surface area contributed by atoms with Gasteiger partial charge in [0.25, 0.3) is 5.91 Å². The zero-order valence-electron chi connectivity index (χ0n) is 13.3. The summed E-state index contributed by atoms with van der Waals surface area (Å²) in [4.78, 5) is 30.8. The molecule has 0 unspecified atom stereocenters. The summed E-state index contributed by atoms with van der Waals surface area (Å²) in [6, 6.07) is 0. The molecule has 2 heterocycles. The van der Waals surface area contributed by atoms with Gasteiger partial charge in [-0.3, -0.25) is 4.79 Å². The Morgan fingerprint density at radius 3 is 2.57 bits per heavy atom. The van der Waals surface area contributed by atoms with Crippen molar-refractivity contribution in [2.24, 2.45) is 0 Å². The molecular weight excluding hydrogens is 332 g/mol. The van der Waals surface area contributed by atoms with E-state index in [1.807, 2.05) is 13.8 Å². The van der Waals surface area contributed by atoms with Gasteiger partial charge in [0.05, 0.1) is 23.4 Å². The van der Waals surface area contributed by atoms with Crippen LogP contribution in [0, 0.1) is 13.8 Å². The molecule has 1 amide bonds. The van der Waals surface area contributed by atoms with Gasteiger partial charge in [0.2, 0.25) is 0 Å². The summed E-state index contributed by atoms with van der Waals surface area (Å²) in [5.41, 5.74) is 2.28. The maximum Gasteiger partial charge on any atom is 0.341 e. The van der Waals surface area contributed by atoms with Gasteiger partial charge in [-0.05, 0) is 45.1 Å². The largest absolute Gasteiger partial charge is 0.465 e. The molecule has 0 bridgehead atoms. The lowest BCUT2D eigenvalue weighted by Gasteiger charge is -2.11. The maximum absolute atomic E-state index is 12.5. The number of aromatic nitrogens is 1. The molecule has 23 heavy (non-hydrogen) atoms. The first-order valence-corrected chi connectivity index (χ1v) is 9.12. The van der Waals surface area contributed by atoms with Crippen LogP contribution in [0.1, 0.15) is 54.0 Å². The quantitative estimate of drug-likeness (QED) is 0.856. The van der Waals surface area contributed by atoms with Crippen molar-refractivity contribution in [3.05, 3.63) is 31.6 Å². The molecule has 0 saturated carbocycles. The van der Waals surface area contributed by atoms with Gasteiger partial charge < -0.3 is 10.1 Å². The molecule has 0 aromatic carbocycles. The summed E-state index contributed by atoms with van der Waals surface area (Å²) in [7, 11) is 1.37. The summed E-state index contributed by atoms with van der Waals surface area (Å²) >= 11 is 2.85. The number of nitrogens with zero attached hydrogens (tertiary/aromatic N) is 1. The molecule has 122 valence electrons. The van der Waals surface area contributed by atoms with E-state index in [0.29, 0.717) is 21.1 Å². The number of aryl methyl sites for hydroxylation is 3. The zero-order valence-corrected chi connectivity index (χ0v) is 14.9. The predicted molar refractivity (Wildman–Crippen MR) is 91.8 cm³/mol. The molecule has 7 heteroatoms. The molecule has 0 aliphatic heterocycles. The first-order valence-electron chi connectivity index (χ1n) is 7.49. The number of esters is 1. The highest BCUT2D eigenvalue weighted by atomic mass is 32.1. The van der Waals surface area contributed by atoms with E-state index in [1.165, 1.54) is 34.7 Å². The van der Waals surface area contributed by atoms with E-state index < -0.39 is 0 Å². The predicted octanol–water partition coefficient (Wildman–Crippen LogP) is 3.74. The normalized spacial score (nSPS) is 13.5. The average molecular weight is 350 g/mol. The van der Waals surface area contributed by atoms with Crippen LogP contribution in [0.25, 0.3) is 0 Å². The Balaban J connectivity index is 1.96. The Bertz CT molecular complexity index is 777. The summed E-state index contributed by atoms with van der Waals surface area (Å²) in [6.07, 6.45) is 4.01. The van der Waals surface area contributed by atoms with Gasteiger partial charge in [-0.1, -0.05) is 0 Å². The third-order valence-corrected chi connectivity index (χ3v) is 6.18. The zero-order chi connectivity index (χ0) is 16.6. The fraction of sp³-hybridized carbons (Fsp3) is 0.438. The Labute approximate surface area is 142 Å². The number of amides is 1. The van der Waals surface area contributed by atoms with Crippen molar-refractivity contribution in [1.29, 1.82) is 0 Å². The Morgan fingerprint density at radius 1 is 1.17 bits per heavy atom. The second kappa shape index (κ2) is 6.41. The average Bonchev–Trinajstić information content (AvgIpc) is 3.05. The van der Waals surface area contributed by atoms with Crippen LogP contribution in [0.15, 0.2) is 0 Å². The second-order valence-electron chi connectivity index (χ2n) is 5.51. The van der Waals surface area contributed by atoms with Crippen LogP contribution in [-0.4, -0.2) is 24.0 Å². The van der Waals surface area contributed by atoms with E-state index in [0.717, 1.165) is 36.3 Å². The van der Waals surface area contributed by atoms with Crippen molar-refractivity contribution in [2.75, 3.05) is 12.4 Å². The number of hydrogen-bond acceptors (Lipinski definition) is 6. The number of rotatable bonds is 3. The van der Waals surface area contributed by atoms with Gasteiger partial charge in [0.1, 0.15) is 9.88 Å². The monoisotopic (exact) mass is 350 g/mol. The minimum Gasteiger partial charge on any atom is -0.465 e. The number of fused-ring (bicyclic) bond motifs is 1. The number of carbonyl (C=O) groups is 2. The lowest BCUT2D eigenvalue weighted by atomic mass is 9.95. The molecule has 0 atom stereocenters. The number of carbonyl (C=O) groups excluding carboxylic acids is 2. The highest BCUT2D eigenvalue weighted by Crippen LogP contribution is 2.39. The lowest BCUT2D eigenvalue weighted by molar-refractivity contribution is 0.0601. The van der Waals surface area contributed by atoms with Crippen LogP contribution >= 0.6 is 22.7 Å². The Morgan fingerprint density at radius 2 is 1.91 bits per heavy atom. The Hall–Kier alpha value is -1.73. The van der Waals surface area contributed by atoms with Gasteiger partial charge in [-0.2, -0.15) is 0 Å². The Kier molecular flexibility index (Phi) is 4.50. The molecule has 2 aromatic rings. The SMILES string of the molecule is COC(=O)c1c(NC(=O)c2sc(C)nc2C)sc2c1CCCC2. The molecule has 2 aromatic heterocycles. The first kappa shape index (κ1) is 16.1. The smallest absolute Gasteiger partial charge is 0.341 e. The van der Waals surface area contributed by atoms with Crippen LogP contribution in [-0.2, 0) is 17.6 Å². The van der Waals surface area contributed by atoms with Crippen LogP contribution in [0.2, 0.25) is 0 Å². The minimum absolute atomic E-state index is 0.211. The first-order chi connectivity index (χ1) is 11.0. The topological polar surface area (TPSA) is 68.3 Å². The molecule has 5 nitrogen and oxygen atoms in total. The van der Waals surface area contributed by atoms with Gasteiger partial charge in [0.15, 0.2) is 0 Å². The van der Waals surface area contributed by atoms with Gasteiger partial charge in [0, 0.05) is 4.88 Å². The molecule has 1 aliphatic rings. The maximum atomic E-state index is 12.5. The van der Waals surface area contributed by atoms with E-state index in [4.69, 9.17) is 4.74 Å². The highest BCUT2D eigenvalue weighted by molar-refractivity contribution is 7.17. The molecule has 3 rings (SSSR count). The van der Waals surface area contributed by atoms with Crippen LogP contribution in [0.4, 0.5) is 5.00 Å². The molecule has 0 fully saturated rings. The number of hydrogen-bond donors (Lipinski definition) is 1. The number of thiophene rings is 1. The molecular formula is C16H18N2O3S2. The van der Waals surface area contributed by atoms with Gasteiger partial charge in [-0.25, -0.2) is 9.78 Å². The van der Waals surface area contributed by atoms with Crippen molar-refractivity contribution < 1.29 is 14.3 Å². The van der Waals surface area contributed by atoms with Crippen molar-refractivity contribution in [1.82, 2.24) is 4.98 Å². The lowest BCUT2D eigenvalue weighted by Crippen LogP contribution is -2.15. The standard InChI is InChI=1S/C16H18N2O3S2/c1-8-13(22-9(2)17-8)14(19)18-15-12(16(20)21-3)10-6-4-5-7-11(10)23-15/h4-7H2,1-3H3,(H,18,19). The third-order valence-electron chi connectivity index (χ3n) is 3.90. The molecule has 1 N–H and O–H groups in total. The molecule has 0 saturated heterocycles. The van der Waals surface area contributed by atoms with Crippen LogP contribution < -0.4 is 5.32 Å². The van der Waals surface area contributed by atoms with Crippen molar-refractivity contribution in [2.45, 2.75) is 39.5 Å². The van der Waals surface area contributed by atoms with Crippen molar-refractivity contribution >= 4 is 39.6 Å². The van der Waals surface area contributed by atoms with E-state index in [9.17, 15) is 9.59 Å². The fourth-order valence-electron chi connectivity index (χ4n) is 2.87. The molecule has 0 radical (unpaired) electrons. The number of thiazole rings is 1. The number of methoxy groups -OCH3 is 1. The van der Waals surface area contributed by atoms with Crippen LogP contribution in [0.5, 0.6) is 0 Å². The van der Waals surface area contributed by atoms with E-state index in [2.05, 4.69) is 10.3 Å². The van der Waals surface area contributed by atoms with E-state index in [-0.39, 0.29) is 11.9 Å². The van der Waals surface area contributed by atoms with E-state index >= 15 is 0 Å². The van der Waals surface area contributed by atoms with Gasteiger partial charge in [-0.15, -0.1) is 22.7 Å². The highest BCUT2D eigenvalue weighted by Gasteiger charge is 2.27. The number of ether oxygens (including phenoxy) is 1. The van der Waals surface area contributed by atoms with Crippen molar-refractivity contribution in [3.63, 3.8) is 0 Å². The van der Waals surface area contributed by atoms with Crippen LogP contribution in [0.3, 0.4) is 0 Å². The second-order valence-corrected chi connectivity index (χ2v) is 7.82. The fourth-order valence-corrected chi connectivity index (χ4v) is 4.96. The number of nitrogens with one attached hydrogen (secondary N) is 1. The third kappa shape index (κ3) is 3.03.